The molecular weight excluding hydrogens is 373 g/mol. The highest BCUT2D eigenvalue weighted by atomic mass is 127. The van der Waals surface area contributed by atoms with Gasteiger partial charge in [-0.1, -0.05) is 18.2 Å². The minimum absolute atomic E-state index is 0.342. The number of nitrogens with one attached hydrogen (secondary N) is 1. The topological polar surface area (TPSA) is 41.5 Å². The molecule has 102 valence electrons. The number of thiophene rings is 1. The number of anilines is 1. The number of hydrogen-bond donors (Lipinski definition) is 2. The lowest BCUT2D eigenvalue weighted by Crippen LogP contribution is -2.25. The molecule has 1 heterocycles. The molecule has 5 heteroatoms. The molecule has 2 rings (SSSR count). The first kappa shape index (κ1) is 14.8. The average molecular weight is 389 g/mol. The third kappa shape index (κ3) is 5.10. The Balaban J connectivity index is 1.67. The van der Waals surface area contributed by atoms with Crippen molar-refractivity contribution >= 4 is 39.6 Å². The molecule has 0 bridgehead atoms. The van der Waals surface area contributed by atoms with Gasteiger partial charge in [0.25, 0.3) is 0 Å². The van der Waals surface area contributed by atoms with Gasteiger partial charge in [-0.15, -0.1) is 11.3 Å². The van der Waals surface area contributed by atoms with Gasteiger partial charge in [0.2, 0.25) is 0 Å². The summed E-state index contributed by atoms with van der Waals surface area (Å²) in [7, 11) is 0. The van der Waals surface area contributed by atoms with Gasteiger partial charge in [0.1, 0.15) is 0 Å². The van der Waals surface area contributed by atoms with Crippen molar-refractivity contribution < 1.29 is 9.84 Å². The number of aliphatic hydroxyl groups is 1. The van der Waals surface area contributed by atoms with Crippen LogP contribution in [0.15, 0.2) is 41.8 Å². The molecule has 19 heavy (non-hydrogen) atoms. The Labute approximate surface area is 130 Å². The van der Waals surface area contributed by atoms with E-state index in [4.69, 9.17) is 4.74 Å². The second-order valence-corrected chi connectivity index (χ2v) is 6.30. The van der Waals surface area contributed by atoms with Crippen LogP contribution in [0.4, 0.5) is 5.69 Å². The van der Waals surface area contributed by atoms with Crippen LogP contribution in [0.5, 0.6) is 0 Å². The maximum atomic E-state index is 9.84. The van der Waals surface area contributed by atoms with Gasteiger partial charge in [-0.2, -0.15) is 0 Å². The highest BCUT2D eigenvalue weighted by Gasteiger charge is 2.06. The van der Waals surface area contributed by atoms with Crippen LogP contribution in [0.25, 0.3) is 0 Å². The predicted octanol–water partition coefficient (Wildman–Crippen LogP) is 3.34. The highest BCUT2D eigenvalue weighted by molar-refractivity contribution is 14.1. The maximum absolute atomic E-state index is 9.84. The molecular formula is C14H16INO2S. The minimum Gasteiger partial charge on any atom is -0.389 e. The van der Waals surface area contributed by atoms with Crippen molar-refractivity contribution in [2.45, 2.75) is 12.7 Å². The Hall–Kier alpha value is -0.630. The molecule has 0 aliphatic carbocycles. The van der Waals surface area contributed by atoms with Crippen molar-refractivity contribution in [3.63, 3.8) is 0 Å². The van der Waals surface area contributed by atoms with Gasteiger partial charge in [0.15, 0.2) is 0 Å². The average Bonchev–Trinajstić information content (AvgIpc) is 2.91. The monoisotopic (exact) mass is 389 g/mol. The van der Waals surface area contributed by atoms with E-state index in [1.165, 1.54) is 4.88 Å². The highest BCUT2D eigenvalue weighted by Crippen LogP contribution is 2.16. The summed E-state index contributed by atoms with van der Waals surface area (Å²) in [4.78, 5) is 1.18. The van der Waals surface area contributed by atoms with Gasteiger partial charge in [0.05, 0.1) is 19.3 Å². The van der Waals surface area contributed by atoms with E-state index in [1.54, 1.807) is 11.3 Å². The third-order valence-electron chi connectivity index (χ3n) is 2.54. The van der Waals surface area contributed by atoms with Crippen LogP contribution in [-0.2, 0) is 11.3 Å². The Bertz CT molecular complexity index is 490. The Morgan fingerprint density at radius 2 is 2.11 bits per heavy atom. The summed E-state index contributed by atoms with van der Waals surface area (Å²) in [6.07, 6.45) is -0.504. The third-order valence-corrected chi connectivity index (χ3v) is 4.33. The Morgan fingerprint density at radius 3 is 2.84 bits per heavy atom. The molecule has 3 nitrogen and oxygen atoms in total. The van der Waals surface area contributed by atoms with Crippen LogP contribution >= 0.6 is 33.9 Å². The van der Waals surface area contributed by atoms with Crippen molar-refractivity contribution in [1.82, 2.24) is 0 Å². The predicted molar refractivity (Wildman–Crippen MR) is 87.6 cm³/mol. The molecule has 0 fully saturated rings. The van der Waals surface area contributed by atoms with E-state index in [9.17, 15) is 5.11 Å². The lowest BCUT2D eigenvalue weighted by atomic mass is 10.3. The van der Waals surface area contributed by atoms with Gasteiger partial charge >= 0.3 is 0 Å². The standard InChI is InChI=1S/C14H16INO2S/c15-13-5-1-2-6-14(13)16-8-11(17)9-18-10-12-4-3-7-19-12/h1-7,11,16-17H,8-10H2. The minimum atomic E-state index is -0.504. The van der Waals surface area contributed by atoms with E-state index in [1.807, 2.05) is 41.8 Å². The molecule has 0 aliphatic rings. The van der Waals surface area contributed by atoms with Crippen LogP contribution in [0.3, 0.4) is 0 Å². The van der Waals surface area contributed by atoms with Crippen LogP contribution in [0, 0.1) is 3.57 Å². The van der Waals surface area contributed by atoms with Crippen molar-refractivity contribution in [2.24, 2.45) is 0 Å². The zero-order chi connectivity index (χ0) is 13.5. The quantitative estimate of drug-likeness (QED) is 0.714. The zero-order valence-electron chi connectivity index (χ0n) is 10.4. The zero-order valence-corrected chi connectivity index (χ0v) is 13.4. The summed E-state index contributed by atoms with van der Waals surface area (Å²) >= 11 is 3.93. The second kappa shape index (κ2) is 7.84. The van der Waals surface area contributed by atoms with Crippen LogP contribution < -0.4 is 5.32 Å². The number of halogens is 1. The van der Waals surface area contributed by atoms with Crippen molar-refractivity contribution in [3.05, 3.63) is 50.2 Å². The smallest absolute Gasteiger partial charge is 0.0945 e. The number of para-hydroxylation sites is 1. The first-order chi connectivity index (χ1) is 9.25. The summed E-state index contributed by atoms with van der Waals surface area (Å²) < 4.78 is 6.62. The molecule has 2 aromatic rings. The van der Waals surface area contributed by atoms with Crippen molar-refractivity contribution in [3.8, 4) is 0 Å². The molecule has 0 radical (unpaired) electrons. The summed E-state index contributed by atoms with van der Waals surface area (Å²) in [5.41, 5.74) is 1.04. The van der Waals surface area contributed by atoms with Crippen molar-refractivity contribution in [2.75, 3.05) is 18.5 Å². The summed E-state index contributed by atoms with van der Waals surface area (Å²) in [5, 5.41) is 15.1. The first-order valence-corrected chi connectivity index (χ1v) is 7.98. The SMILES string of the molecule is OC(CNc1ccccc1I)COCc1cccs1. The van der Waals surface area contributed by atoms with Gasteiger partial charge in [0, 0.05) is 20.7 Å². The summed E-state index contributed by atoms with van der Waals surface area (Å²) in [6, 6.07) is 12.0. The second-order valence-electron chi connectivity index (χ2n) is 4.11. The Kier molecular flexibility index (Phi) is 6.09. The molecule has 2 N–H and O–H groups in total. The van der Waals surface area contributed by atoms with Crippen LogP contribution in [0.2, 0.25) is 0 Å². The van der Waals surface area contributed by atoms with E-state index in [-0.39, 0.29) is 0 Å². The molecule has 0 aliphatic heterocycles. The van der Waals surface area contributed by atoms with E-state index >= 15 is 0 Å². The molecule has 0 amide bonds. The van der Waals surface area contributed by atoms with Gasteiger partial charge in [-0.25, -0.2) is 0 Å². The fourth-order valence-corrected chi connectivity index (χ4v) is 2.80. The summed E-state index contributed by atoms with van der Waals surface area (Å²) in [6.45, 7) is 1.40. The largest absolute Gasteiger partial charge is 0.389 e. The summed E-state index contributed by atoms with van der Waals surface area (Å²) in [5.74, 6) is 0. The Morgan fingerprint density at radius 1 is 1.26 bits per heavy atom. The molecule has 0 saturated heterocycles. The normalized spacial score (nSPS) is 12.3. The number of aliphatic hydroxyl groups excluding tert-OH is 1. The molecule has 1 aromatic carbocycles. The van der Waals surface area contributed by atoms with E-state index in [0.717, 1.165) is 9.26 Å². The number of hydrogen-bond acceptors (Lipinski definition) is 4. The van der Waals surface area contributed by atoms with Crippen LogP contribution in [0.1, 0.15) is 4.88 Å². The molecule has 0 spiro atoms. The fourth-order valence-electron chi connectivity index (χ4n) is 1.58. The van der Waals surface area contributed by atoms with E-state index in [0.29, 0.717) is 19.8 Å². The van der Waals surface area contributed by atoms with Crippen molar-refractivity contribution in [1.29, 1.82) is 0 Å². The molecule has 1 atom stereocenters. The first-order valence-electron chi connectivity index (χ1n) is 6.02. The van der Waals surface area contributed by atoms with Crippen LogP contribution in [-0.4, -0.2) is 24.4 Å². The van der Waals surface area contributed by atoms with Gasteiger partial charge in [-0.05, 0) is 46.2 Å². The number of benzene rings is 1. The maximum Gasteiger partial charge on any atom is 0.0945 e. The van der Waals surface area contributed by atoms with E-state index in [2.05, 4.69) is 27.9 Å². The van der Waals surface area contributed by atoms with E-state index < -0.39 is 6.10 Å². The van der Waals surface area contributed by atoms with Gasteiger partial charge in [-0.3, -0.25) is 0 Å². The lowest BCUT2D eigenvalue weighted by molar-refractivity contribution is 0.0359. The molecule has 0 saturated carbocycles. The molecule has 1 aromatic heterocycles. The molecule has 1 unspecified atom stereocenters. The van der Waals surface area contributed by atoms with Gasteiger partial charge < -0.3 is 15.2 Å². The number of ether oxygens (including phenoxy) is 1. The lowest BCUT2D eigenvalue weighted by Gasteiger charge is -2.13. The fraction of sp³-hybridized carbons (Fsp3) is 0.286. The number of rotatable bonds is 7.